The lowest BCUT2D eigenvalue weighted by molar-refractivity contribution is 0.0955. The molecule has 0 unspecified atom stereocenters. The third kappa shape index (κ3) is 3.29. The molecule has 2 rings (SSSR count). The third-order valence-electron chi connectivity index (χ3n) is 4.38. The molecule has 1 N–H and O–H groups in total. The molecule has 0 saturated carbocycles. The van der Waals surface area contributed by atoms with Crippen LogP contribution in [0.25, 0.3) is 0 Å². The van der Waals surface area contributed by atoms with Crippen LogP contribution in [0.3, 0.4) is 0 Å². The van der Waals surface area contributed by atoms with Gasteiger partial charge in [-0.3, -0.25) is 4.79 Å². The number of piperazine rings is 1. The van der Waals surface area contributed by atoms with E-state index in [9.17, 15) is 13.2 Å². The lowest BCUT2D eigenvalue weighted by Gasteiger charge is -2.42. The van der Waals surface area contributed by atoms with Gasteiger partial charge in [-0.1, -0.05) is 6.92 Å². The van der Waals surface area contributed by atoms with Gasteiger partial charge in [0.2, 0.25) is 10.0 Å². The predicted molar refractivity (Wildman–Crippen MR) is 88.9 cm³/mol. The molecule has 1 aliphatic heterocycles. The highest BCUT2D eigenvalue weighted by Crippen LogP contribution is 2.26. The Bertz CT molecular complexity index is 671. The summed E-state index contributed by atoms with van der Waals surface area (Å²) in [6, 6.07) is 1.24. The van der Waals surface area contributed by atoms with Crippen molar-refractivity contribution in [2.24, 2.45) is 7.05 Å². The van der Waals surface area contributed by atoms with Crippen LogP contribution in [0.15, 0.2) is 17.2 Å². The number of nitrogens with one attached hydrogen (secondary N) is 1. The number of nitrogens with zero attached hydrogens (tertiary/aromatic N) is 3. The van der Waals surface area contributed by atoms with E-state index in [2.05, 4.69) is 17.1 Å². The number of carbonyl (C=O) groups excluding carboxylic acids is 1. The molecule has 2 atom stereocenters. The monoisotopic (exact) mass is 342 g/mol. The van der Waals surface area contributed by atoms with Gasteiger partial charge in [0.25, 0.3) is 5.91 Å². The molecular formula is C15H26N4O3S. The van der Waals surface area contributed by atoms with E-state index in [0.717, 1.165) is 19.6 Å². The van der Waals surface area contributed by atoms with Gasteiger partial charge < -0.3 is 14.8 Å². The highest BCUT2D eigenvalue weighted by Gasteiger charge is 2.38. The molecule has 8 heteroatoms. The van der Waals surface area contributed by atoms with Crippen LogP contribution in [0.4, 0.5) is 0 Å². The average Bonchev–Trinajstić information content (AvgIpc) is 2.88. The number of rotatable bonds is 4. The van der Waals surface area contributed by atoms with Gasteiger partial charge in [-0.05, 0) is 26.5 Å². The van der Waals surface area contributed by atoms with Crippen molar-refractivity contribution in [1.82, 2.24) is 19.1 Å². The number of sulfonamides is 1. The fourth-order valence-electron chi connectivity index (χ4n) is 3.30. The first kappa shape index (κ1) is 18.0. The highest BCUT2D eigenvalue weighted by atomic mass is 32.2. The zero-order chi connectivity index (χ0) is 17.4. The van der Waals surface area contributed by atoms with Gasteiger partial charge in [0.15, 0.2) is 0 Å². The second-order valence-corrected chi connectivity index (χ2v) is 7.98. The van der Waals surface area contributed by atoms with Crippen molar-refractivity contribution < 1.29 is 13.2 Å². The quantitative estimate of drug-likeness (QED) is 0.864. The van der Waals surface area contributed by atoms with Gasteiger partial charge in [-0.2, -0.15) is 4.31 Å². The molecule has 0 aromatic carbocycles. The summed E-state index contributed by atoms with van der Waals surface area (Å²) in [6.07, 6.45) is 1.51. The summed E-state index contributed by atoms with van der Waals surface area (Å²) < 4.78 is 29.2. The van der Waals surface area contributed by atoms with Crippen molar-refractivity contribution in [2.45, 2.75) is 37.8 Å². The first-order valence-electron chi connectivity index (χ1n) is 7.86. The molecular weight excluding hydrogens is 316 g/mol. The average molecular weight is 342 g/mol. The Balaban J connectivity index is 2.37. The number of aryl methyl sites for hydroxylation is 1. The van der Waals surface area contributed by atoms with E-state index >= 15 is 0 Å². The van der Waals surface area contributed by atoms with Crippen LogP contribution in [0.2, 0.25) is 0 Å². The molecule has 1 saturated heterocycles. The summed E-state index contributed by atoms with van der Waals surface area (Å²) >= 11 is 0. The van der Waals surface area contributed by atoms with Gasteiger partial charge in [0.05, 0.1) is 0 Å². The number of hydrogen-bond acceptors (Lipinski definition) is 4. The Labute approximate surface area is 138 Å². The summed E-state index contributed by atoms with van der Waals surface area (Å²) in [5.41, 5.74) is 0.332. The SMILES string of the molecule is CCN1C[C@H](C)N(S(=O)(=O)c2cc(C(=O)NC)n(C)c2)[C@@H](C)C1. The minimum absolute atomic E-state index is 0.104. The van der Waals surface area contributed by atoms with Crippen LogP contribution < -0.4 is 5.32 Å². The molecule has 7 nitrogen and oxygen atoms in total. The molecule has 23 heavy (non-hydrogen) atoms. The Kier molecular flexibility index (Phi) is 5.17. The Hall–Kier alpha value is -1.38. The van der Waals surface area contributed by atoms with E-state index in [-0.39, 0.29) is 22.9 Å². The minimum atomic E-state index is -3.63. The lowest BCUT2D eigenvalue weighted by atomic mass is 10.1. The molecule has 2 heterocycles. The smallest absolute Gasteiger partial charge is 0.267 e. The molecule has 1 aliphatic rings. The fourth-order valence-corrected chi connectivity index (χ4v) is 5.18. The van der Waals surface area contributed by atoms with E-state index in [0.29, 0.717) is 5.69 Å². The van der Waals surface area contributed by atoms with Gasteiger partial charge in [-0.15, -0.1) is 0 Å². The first-order valence-corrected chi connectivity index (χ1v) is 9.30. The van der Waals surface area contributed by atoms with E-state index in [1.165, 1.54) is 19.3 Å². The fraction of sp³-hybridized carbons (Fsp3) is 0.667. The molecule has 1 amide bonds. The number of aromatic nitrogens is 1. The lowest BCUT2D eigenvalue weighted by Crippen LogP contribution is -2.58. The molecule has 0 aliphatic carbocycles. The van der Waals surface area contributed by atoms with Crippen LogP contribution in [0.5, 0.6) is 0 Å². The Morgan fingerprint density at radius 3 is 2.35 bits per heavy atom. The molecule has 0 bridgehead atoms. The summed E-state index contributed by atoms with van der Waals surface area (Å²) in [7, 11) is -0.432. The zero-order valence-electron chi connectivity index (χ0n) is 14.4. The van der Waals surface area contributed by atoms with E-state index in [4.69, 9.17) is 0 Å². The number of carbonyl (C=O) groups is 1. The minimum Gasteiger partial charge on any atom is -0.354 e. The largest absolute Gasteiger partial charge is 0.354 e. The second-order valence-electron chi connectivity index (χ2n) is 6.14. The van der Waals surface area contributed by atoms with Crippen LogP contribution in [-0.4, -0.2) is 66.9 Å². The normalized spacial score (nSPS) is 23.9. The van der Waals surface area contributed by atoms with Crippen LogP contribution in [0, 0.1) is 0 Å². The molecule has 1 fully saturated rings. The number of hydrogen-bond donors (Lipinski definition) is 1. The number of likely N-dealkylation sites (N-methyl/N-ethyl adjacent to an activating group) is 1. The highest BCUT2D eigenvalue weighted by molar-refractivity contribution is 7.89. The summed E-state index contributed by atoms with van der Waals surface area (Å²) in [4.78, 5) is 14.2. The van der Waals surface area contributed by atoms with Crippen molar-refractivity contribution in [3.63, 3.8) is 0 Å². The van der Waals surface area contributed by atoms with Crippen molar-refractivity contribution >= 4 is 15.9 Å². The Morgan fingerprint density at radius 2 is 1.87 bits per heavy atom. The molecule has 1 aromatic rings. The zero-order valence-corrected chi connectivity index (χ0v) is 15.2. The third-order valence-corrected chi connectivity index (χ3v) is 6.47. The topological polar surface area (TPSA) is 74.7 Å². The summed E-state index contributed by atoms with van der Waals surface area (Å²) in [5, 5.41) is 2.52. The van der Waals surface area contributed by atoms with Gasteiger partial charge in [-0.25, -0.2) is 8.42 Å². The maximum absolute atomic E-state index is 13.0. The van der Waals surface area contributed by atoms with Crippen molar-refractivity contribution in [3.05, 3.63) is 18.0 Å². The predicted octanol–water partition coefficient (Wildman–Crippen LogP) is 0.488. The maximum Gasteiger partial charge on any atom is 0.267 e. The van der Waals surface area contributed by atoms with Gasteiger partial charge >= 0.3 is 0 Å². The van der Waals surface area contributed by atoms with Crippen molar-refractivity contribution in [1.29, 1.82) is 0 Å². The van der Waals surface area contributed by atoms with Gasteiger partial charge in [0, 0.05) is 45.5 Å². The molecule has 0 radical (unpaired) electrons. The maximum atomic E-state index is 13.0. The summed E-state index contributed by atoms with van der Waals surface area (Å²) in [5.74, 6) is -0.300. The van der Waals surface area contributed by atoms with Crippen LogP contribution >= 0.6 is 0 Å². The van der Waals surface area contributed by atoms with E-state index < -0.39 is 10.0 Å². The molecule has 1 aromatic heterocycles. The van der Waals surface area contributed by atoms with Gasteiger partial charge in [0.1, 0.15) is 10.6 Å². The van der Waals surface area contributed by atoms with E-state index in [1.807, 2.05) is 13.8 Å². The standard InChI is InChI=1S/C15H26N4O3S/c1-6-18-8-11(2)19(12(3)9-18)23(21,22)13-7-14(15(20)16-4)17(5)10-13/h7,10-12H,6,8-9H2,1-5H3,(H,16,20)/t11-,12-/m0/s1. The Morgan fingerprint density at radius 1 is 1.30 bits per heavy atom. The summed E-state index contributed by atoms with van der Waals surface area (Å²) in [6.45, 7) is 8.28. The van der Waals surface area contributed by atoms with Crippen molar-refractivity contribution in [3.8, 4) is 0 Å². The van der Waals surface area contributed by atoms with Crippen LogP contribution in [0.1, 0.15) is 31.3 Å². The van der Waals surface area contributed by atoms with E-state index in [1.54, 1.807) is 15.9 Å². The van der Waals surface area contributed by atoms with Crippen molar-refractivity contribution in [2.75, 3.05) is 26.7 Å². The second kappa shape index (κ2) is 6.62. The molecule has 0 spiro atoms. The number of amides is 1. The first-order chi connectivity index (χ1) is 10.7. The molecule has 130 valence electrons. The van der Waals surface area contributed by atoms with Crippen LogP contribution in [-0.2, 0) is 17.1 Å².